The number of nitrogens with zero attached hydrogens (tertiary/aromatic N) is 1. The molecule has 96 valence electrons. The molecule has 1 aliphatic rings. The first-order valence-electron chi connectivity index (χ1n) is 5.96. The highest BCUT2D eigenvalue weighted by molar-refractivity contribution is 7.90. The van der Waals surface area contributed by atoms with E-state index in [-0.39, 0.29) is 11.3 Å². The highest BCUT2D eigenvalue weighted by atomic mass is 32.2. The Morgan fingerprint density at radius 2 is 1.81 bits per heavy atom. The van der Waals surface area contributed by atoms with Crippen LogP contribution in [-0.4, -0.2) is 51.0 Å². The van der Waals surface area contributed by atoms with Gasteiger partial charge in [-0.2, -0.15) is 0 Å². The minimum absolute atomic E-state index is 0.0928. The summed E-state index contributed by atoms with van der Waals surface area (Å²) in [6.45, 7) is 1.39. The Kier molecular flexibility index (Phi) is 4.76. The van der Waals surface area contributed by atoms with Gasteiger partial charge in [0.15, 0.2) is 0 Å². The zero-order chi connectivity index (χ0) is 12.2. The SMILES string of the molecule is CN(CCS(C)(=O)=O)CC1(N)CCCCC1. The van der Waals surface area contributed by atoms with Gasteiger partial charge >= 0.3 is 0 Å². The summed E-state index contributed by atoms with van der Waals surface area (Å²) in [7, 11) is -0.910. The van der Waals surface area contributed by atoms with Crippen LogP contribution in [0.25, 0.3) is 0 Å². The molecule has 0 bridgehead atoms. The van der Waals surface area contributed by atoms with Crippen molar-refractivity contribution in [1.82, 2.24) is 4.90 Å². The van der Waals surface area contributed by atoms with Gasteiger partial charge in [0.1, 0.15) is 9.84 Å². The van der Waals surface area contributed by atoms with Crippen LogP contribution in [0.2, 0.25) is 0 Å². The van der Waals surface area contributed by atoms with Gasteiger partial charge < -0.3 is 10.6 Å². The predicted molar refractivity (Wildman–Crippen MR) is 67.2 cm³/mol. The molecule has 0 aromatic heterocycles. The maximum Gasteiger partial charge on any atom is 0.148 e. The third kappa shape index (κ3) is 5.27. The van der Waals surface area contributed by atoms with E-state index in [9.17, 15) is 8.42 Å². The van der Waals surface area contributed by atoms with Crippen LogP contribution >= 0.6 is 0 Å². The van der Waals surface area contributed by atoms with Crippen LogP contribution in [0.1, 0.15) is 32.1 Å². The Bertz CT molecular complexity index is 308. The van der Waals surface area contributed by atoms with Crippen LogP contribution in [0.3, 0.4) is 0 Å². The van der Waals surface area contributed by atoms with Gasteiger partial charge in [0.05, 0.1) is 5.75 Å². The lowest BCUT2D eigenvalue weighted by Gasteiger charge is -2.36. The molecule has 0 unspecified atom stereocenters. The molecule has 1 aliphatic carbocycles. The lowest BCUT2D eigenvalue weighted by Crippen LogP contribution is -2.51. The Morgan fingerprint density at radius 1 is 1.25 bits per heavy atom. The Labute approximate surface area is 99.1 Å². The van der Waals surface area contributed by atoms with E-state index in [2.05, 4.69) is 0 Å². The number of hydrogen-bond donors (Lipinski definition) is 1. The molecule has 0 atom stereocenters. The van der Waals surface area contributed by atoms with Gasteiger partial charge in [0, 0.05) is 24.9 Å². The van der Waals surface area contributed by atoms with Crippen molar-refractivity contribution in [2.45, 2.75) is 37.6 Å². The van der Waals surface area contributed by atoms with Gasteiger partial charge in [-0.05, 0) is 19.9 Å². The molecule has 4 nitrogen and oxygen atoms in total. The summed E-state index contributed by atoms with van der Waals surface area (Å²) in [5.41, 5.74) is 6.22. The van der Waals surface area contributed by atoms with Crippen LogP contribution in [0.15, 0.2) is 0 Å². The zero-order valence-electron chi connectivity index (χ0n) is 10.4. The second kappa shape index (κ2) is 5.47. The van der Waals surface area contributed by atoms with Crippen molar-refractivity contribution < 1.29 is 8.42 Å². The second-order valence-corrected chi connectivity index (χ2v) is 7.55. The average molecular weight is 248 g/mol. The fourth-order valence-corrected chi connectivity index (χ4v) is 3.00. The molecule has 0 aromatic rings. The van der Waals surface area contributed by atoms with Crippen molar-refractivity contribution in [3.63, 3.8) is 0 Å². The van der Waals surface area contributed by atoms with E-state index in [4.69, 9.17) is 5.73 Å². The average Bonchev–Trinajstić information content (AvgIpc) is 2.14. The molecule has 0 saturated heterocycles. The molecule has 0 amide bonds. The summed E-state index contributed by atoms with van der Waals surface area (Å²) in [4.78, 5) is 2.05. The largest absolute Gasteiger partial charge is 0.324 e. The highest BCUT2D eigenvalue weighted by Gasteiger charge is 2.28. The zero-order valence-corrected chi connectivity index (χ0v) is 11.2. The normalized spacial score (nSPS) is 21.2. The summed E-state index contributed by atoms with van der Waals surface area (Å²) in [6.07, 6.45) is 7.10. The minimum Gasteiger partial charge on any atom is -0.324 e. The van der Waals surface area contributed by atoms with Crippen LogP contribution in [0.4, 0.5) is 0 Å². The molecule has 2 N–H and O–H groups in total. The lowest BCUT2D eigenvalue weighted by molar-refractivity contribution is 0.204. The van der Waals surface area contributed by atoms with E-state index in [0.717, 1.165) is 19.4 Å². The highest BCUT2D eigenvalue weighted by Crippen LogP contribution is 2.26. The van der Waals surface area contributed by atoms with Crippen molar-refractivity contribution >= 4 is 9.84 Å². The summed E-state index contributed by atoms with van der Waals surface area (Å²) >= 11 is 0. The molecule has 1 rings (SSSR count). The number of hydrogen-bond acceptors (Lipinski definition) is 4. The van der Waals surface area contributed by atoms with Crippen molar-refractivity contribution in [3.8, 4) is 0 Å². The monoisotopic (exact) mass is 248 g/mol. The quantitative estimate of drug-likeness (QED) is 0.775. The van der Waals surface area contributed by atoms with Crippen molar-refractivity contribution in [3.05, 3.63) is 0 Å². The fourth-order valence-electron chi connectivity index (χ4n) is 2.35. The smallest absolute Gasteiger partial charge is 0.148 e. The molecule has 1 fully saturated rings. The van der Waals surface area contributed by atoms with Gasteiger partial charge in [-0.25, -0.2) is 8.42 Å². The van der Waals surface area contributed by atoms with Crippen LogP contribution in [-0.2, 0) is 9.84 Å². The topological polar surface area (TPSA) is 63.4 Å². The molecule has 1 saturated carbocycles. The molecular weight excluding hydrogens is 224 g/mol. The van der Waals surface area contributed by atoms with Crippen LogP contribution in [0, 0.1) is 0 Å². The maximum absolute atomic E-state index is 11.0. The molecule has 0 heterocycles. The molecular formula is C11H24N2O2S. The van der Waals surface area contributed by atoms with E-state index in [1.807, 2.05) is 11.9 Å². The maximum atomic E-state index is 11.0. The summed E-state index contributed by atoms with van der Waals surface area (Å²) in [6, 6.07) is 0. The lowest BCUT2D eigenvalue weighted by atomic mass is 9.82. The number of nitrogens with two attached hydrogens (primary N) is 1. The van der Waals surface area contributed by atoms with Crippen molar-refractivity contribution in [2.24, 2.45) is 5.73 Å². The van der Waals surface area contributed by atoms with Crippen LogP contribution < -0.4 is 5.73 Å². The summed E-state index contributed by atoms with van der Waals surface area (Å²) < 4.78 is 22.1. The number of rotatable bonds is 5. The Balaban J connectivity index is 2.35. The first-order chi connectivity index (χ1) is 7.31. The molecule has 5 heteroatoms. The summed E-state index contributed by atoms with van der Waals surface area (Å²) in [5, 5.41) is 0. The van der Waals surface area contributed by atoms with Gasteiger partial charge in [0.25, 0.3) is 0 Å². The van der Waals surface area contributed by atoms with E-state index < -0.39 is 9.84 Å². The van der Waals surface area contributed by atoms with Gasteiger partial charge in [-0.1, -0.05) is 19.3 Å². The molecule has 0 spiro atoms. The van der Waals surface area contributed by atoms with Crippen molar-refractivity contribution in [1.29, 1.82) is 0 Å². The molecule has 0 aliphatic heterocycles. The third-order valence-electron chi connectivity index (χ3n) is 3.28. The first kappa shape index (κ1) is 13.9. The standard InChI is InChI=1S/C11H24N2O2S/c1-13(8-9-16(2,14)15)10-11(12)6-4-3-5-7-11/h3-10,12H2,1-2H3. The van der Waals surface area contributed by atoms with E-state index in [1.54, 1.807) is 0 Å². The molecule has 16 heavy (non-hydrogen) atoms. The first-order valence-corrected chi connectivity index (χ1v) is 8.02. The number of sulfone groups is 1. The van der Waals surface area contributed by atoms with Crippen LogP contribution in [0.5, 0.6) is 0 Å². The van der Waals surface area contributed by atoms with Gasteiger partial charge in [-0.3, -0.25) is 0 Å². The second-order valence-electron chi connectivity index (χ2n) is 5.29. The number of likely N-dealkylation sites (N-methyl/N-ethyl adjacent to an activating group) is 1. The molecule has 0 radical (unpaired) electrons. The summed E-state index contributed by atoms with van der Waals surface area (Å²) in [5.74, 6) is 0.222. The molecule has 0 aromatic carbocycles. The minimum atomic E-state index is -2.86. The van der Waals surface area contributed by atoms with E-state index in [0.29, 0.717) is 6.54 Å². The van der Waals surface area contributed by atoms with Crippen molar-refractivity contribution in [2.75, 3.05) is 32.1 Å². The predicted octanol–water partition coefficient (Wildman–Crippen LogP) is 0.624. The van der Waals surface area contributed by atoms with Gasteiger partial charge in [-0.15, -0.1) is 0 Å². The van der Waals surface area contributed by atoms with E-state index in [1.165, 1.54) is 25.5 Å². The Hall–Kier alpha value is -0.130. The third-order valence-corrected chi connectivity index (χ3v) is 4.20. The van der Waals surface area contributed by atoms with Gasteiger partial charge in [0.2, 0.25) is 0 Å². The van der Waals surface area contributed by atoms with E-state index >= 15 is 0 Å². The fraction of sp³-hybridized carbons (Fsp3) is 1.00. The Morgan fingerprint density at radius 3 is 2.31 bits per heavy atom.